The predicted molar refractivity (Wildman–Crippen MR) is 125 cm³/mol. The highest BCUT2D eigenvalue weighted by Gasteiger charge is 2.14. The Bertz CT molecular complexity index is 1570. The summed E-state index contributed by atoms with van der Waals surface area (Å²) in [6.07, 6.45) is 1.84. The zero-order chi connectivity index (χ0) is 19.4. The highest BCUT2D eigenvalue weighted by molar-refractivity contribution is 9.10. The van der Waals surface area contributed by atoms with Crippen LogP contribution in [0.3, 0.4) is 0 Å². The maximum Gasteiger partial charge on any atom is 0.0978 e. The molecule has 0 atom stereocenters. The van der Waals surface area contributed by atoms with Crippen molar-refractivity contribution in [2.75, 3.05) is 0 Å². The summed E-state index contributed by atoms with van der Waals surface area (Å²) in [6, 6.07) is 29.8. The maximum absolute atomic E-state index is 5.00. The molecule has 0 unspecified atom stereocenters. The molecule has 2 nitrogen and oxygen atoms in total. The van der Waals surface area contributed by atoms with E-state index in [1.165, 1.54) is 21.9 Å². The average molecular weight is 435 g/mol. The molecule has 0 aliphatic heterocycles. The van der Waals surface area contributed by atoms with Crippen molar-refractivity contribution in [1.29, 1.82) is 0 Å². The number of hydrogen-bond acceptors (Lipinski definition) is 2. The van der Waals surface area contributed by atoms with E-state index in [1.807, 2.05) is 18.3 Å². The highest BCUT2D eigenvalue weighted by atomic mass is 79.9. The monoisotopic (exact) mass is 434 g/mol. The van der Waals surface area contributed by atoms with Gasteiger partial charge in [0.1, 0.15) is 0 Å². The molecule has 0 fully saturated rings. The molecule has 29 heavy (non-hydrogen) atoms. The smallest absolute Gasteiger partial charge is 0.0978 e. The minimum absolute atomic E-state index is 0.946. The van der Waals surface area contributed by atoms with E-state index in [-0.39, 0.29) is 0 Å². The van der Waals surface area contributed by atoms with Crippen LogP contribution < -0.4 is 0 Å². The number of rotatable bonds is 1. The van der Waals surface area contributed by atoms with Gasteiger partial charge in [-0.3, -0.25) is 4.98 Å². The van der Waals surface area contributed by atoms with Crippen LogP contribution in [0.5, 0.6) is 0 Å². The van der Waals surface area contributed by atoms with Crippen LogP contribution in [-0.2, 0) is 0 Å². The first-order valence-corrected chi connectivity index (χ1v) is 10.3. The van der Waals surface area contributed by atoms with Crippen molar-refractivity contribution < 1.29 is 0 Å². The van der Waals surface area contributed by atoms with Crippen molar-refractivity contribution in [3.63, 3.8) is 0 Å². The lowest BCUT2D eigenvalue weighted by Gasteiger charge is -2.13. The zero-order valence-electron chi connectivity index (χ0n) is 15.4. The average Bonchev–Trinajstić information content (AvgIpc) is 2.77. The number of para-hydroxylation sites is 1. The predicted octanol–water partition coefficient (Wildman–Crippen LogP) is 7.52. The molecule has 3 heteroatoms. The second-order valence-corrected chi connectivity index (χ2v) is 8.16. The molecule has 6 aromatic rings. The summed E-state index contributed by atoms with van der Waals surface area (Å²) in [5.74, 6) is 0. The normalized spacial score (nSPS) is 11.6. The molecule has 136 valence electrons. The Morgan fingerprint density at radius 3 is 2.41 bits per heavy atom. The van der Waals surface area contributed by atoms with Crippen molar-refractivity contribution >= 4 is 59.4 Å². The number of halogens is 1. The van der Waals surface area contributed by atoms with Gasteiger partial charge in [-0.25, -0.2) is 4.98 Å². The third-order valence-electron chi connectivity index (χ3n) is 5.51. The zero-order valence-corrected chi connectivity index (χ0v) is 17.0. The van der Waals surface area contributed by atoms with Crippen LogP contribution in [0.1, 0.15) is 0 Å². The molecule has 0 radical (unpaired) electrons. The molecule has 0 aliphatic carbocycles. The number of aromatic nitrogens is 2. The van der Waals surface area contributed by atoms with E-state index in [4.69, 9.17) is 4.98 Å². The molecular formula is C26H15BrN2. The maximum atomic E-state index is 5.00. The molecule has 0 saturated heterocycles. The van der Waals surface area contributed by atoms with Crippen molar-refractivity contribution in [3.05, 3.63) is 95.6 Å². The second kappa shape index (κ2) is 6.36. The summed E-state index contributed by atoms with van der Waals surface area (Å²) in [5.41, 5.74) is 5.29. The van der Waals surface area contributed by atoms with Crippen LogP contribution in [-0.4, -0.2) is 9.97 Å². The van der Waals surface area contributed by atoms with E-state index >= 15 is 0 Å². The number of pyridine rings is 2. The molecule has 0 N–H and O–H groups in total. The molecular weight excluding hydrogens is 420 g/mol. The Morgan fingerprint density at radius 2 is 1.45 bits per heavy atom. The Morgan fingerprint density at radius 1 is 0.621 bits per heavy atom. The molecule has 0 spiro atoms. The first-order valence-electron chi connectivity index (χ1n) is 9.54. The first-order chi connectivity index (χ1) is 14.3. The number of hydrogen-bond donors (Lipinski definition) is 0. The van der Waals surface area contributed by atoms with Gasteiger partial charge in [0.05, 0.1) is 16.6 Å². The lowest BCUT2D eigenvalue weighted by molar-refractivity contribution is 1.40. The van der Waals surface area contributed by atoms with E-state index in [1.54, 1.807) is 0 Å². The molecule has 0 bridgehead atoms. The van der Waals surface area contributed by atoms with Gasteiger partial charge in [-0.2, -0.15) is 0 Å². The van der Waals surface area contributed by atoms with Crippen molar-refractivity contribution in [1.82, 2.24) is 9.97 Å². The summed E-state index contributed by atoms with van der Waals surface area (Å²) in [4.78, 5) is 9.64. The molecule has 4 aromatic carbocycles. The third-order valence-corrected chi connectivity index (χ3v) is 6.01. The fourth-order valence-corrected chi connectivity index (χ4v) is 4.55. The molecule has 0 amide bonds. The van der Waals surface area contributed by atoms with Crippen LogP contribution >= 0.6 is 15.9 Å². The van der Waals surface area contributed by atoms with Gasteiger partial charge in [0.2, 0.25) is 0 Å². The van der Waals surface area contributed by atoms with E-state index in [0.29, 0.717) is 0 Å². The Kier molecular flexibility index (Phi) is 3.65. The van der Waals surface area contributed by atoms with Crippen LogP contribution in [0.25, 0.3) is 54.6 Å². The van der Waals surface area contributed by atoms with Gasteiger partial charge in [-0.1, -0.05) is 70.5 Å². The van der Waals surface area contributed by atoms with Gasteiger partial charge in [0.25, 0.3) is 0 Å². The van der Waals surface area contributed by atoms with Gasteiger partial charge in [0.15, 0.2) is 0 Å². The lowest BCUT2D eigenvalue weighted by Crippen LogP contribution is -1.91. The van der Waals surface area contributed by atoms with Crippen LogP contribution in [0, 0.1) is 0 Å². The summed E-state index contributed by atoms with van der Waals surface area (Å²) < 4.78 is 1.09. The van der Waals surface area contributed by atoms with E-state index in [2.05, 4.69) is 93.7 Å². The minimum Gasteiger partial charge on any atom is -0.254 e. The van der Waals surface area contributed by atoms with Gasteiger partial charge in [0, 0.05) is 32.4 Å². The fraction of sp³-hybridized carbons (Fsp3) is 0. The number of fused-ring (bicyclic) bond motifs is 5. The van der Waals surface area contributed by atoms with E-state index in [9.17, 15) is 0 Å². The molecule has 6 rings (SSSR count). The quantitative estimate of drug-likeness (QED) is 0.197. The van der Waals surface area contributed by atoms with E-state index in [0.717, 1.165) is 37.2 Å². The van der Waals surface area contributed by atoms with Gasteiger partial charge < -0.3 is 0 Å². The summed E-state index contributed by atoms with van der Waals surface area (Å²) in [6.45, 7) is 0. The van der Waals surface area contributed by atoms with Gasteiger partial charge in [-0.15, -0.1) is 0 Å². The fourth-order valence-electron chi connectivity index (χ4n) is 4.18. The minimum atomic E-state index is 0.946. The van der Waals surface area contributed by atoms with Crippen LogP contribution in [0.2, 0.25) is 0 Å². The van der Waals surface area contributed by atoms with Crippen molar-refractivity contribution in [3.8, 4) is 11.1 Å². The summed E-state index contributed by atoms with van der Waals surface area (Å²) in [7, 11) is 0. The number of nitrogens with zero attached hydrogens (tertiary/aromatic N) is 2. The highest BCUT2D eigenvalue weighted by Crippen LogP contribution is 2.38. The topological polar surface area (TPSA) is 25.8 Å². The molecule has 2 heterocycles. The van der Waals surface area contributed by atoms with Crippen molar-refractivity contribution in [2.24, 2.45) is 0 Å². The van der Waals surface area contributed by atoms with Crippen molar-refractivity contribution in [2.45, 2.75) is 0 Å². The summed E-state index contributed by atoms with van der Waals surface area (Å²) in [5, 5.41) is 5.84. The van der Waals surface area contributed by atoms with E-state index < -0.39 is 0 Å². The molecule has 0 aliphatic rings. The third kappa shape index (κ3) is 2.62. The SMILES string of the molecule is Brc1ccc2cc(-c3c4ccccc4nc4c3ccc3cccnc34)ccc2c1. The lowest BCUT2D eigenvalue weighted by atomic mass is 9.93. The Labute approximate surface area is 176 Å². The van der Waals surface area contributed by atoms with Crippen LogP contribution in [0.4, 0.5) is 0 Å². The number of benzene rings is 4. The van der Waals surface area contributed by atoms with Gasteiger partial charge in [-0.05, 0) is 46.7 Å². The standard InChI is InChI=1S/C26H15BrN2/c27-20-11-9-17-14-19(8-7-18(17)15-20)24-21-5-1-2-6-23(21)29-26-22(24)12-10-16-4-3-13-28-25(16)26/h1-15H. The first kappa shape index (κ1) is 16.6. The largest absolute Gasteiger partial charge is 0.254 e. The van der Waals surface area contributed by atoms with Gasteiger partial charge >= 0.3 is 0 Å². The molecule has 2 aromatic heterocycles. The Hall–Kier alpha value is -3.30. The van der Waals surface area contributed by atoms with Crippen LogP contribution in [0.15, 0.2) is 95.6 Å². The second-order valence-electron chi connectivity index (χ2n) is 7.25. The Balaban J connectivity index is 1.78. The molecule has 0 saturated carbocycles. The summed E-state index contributed by atoms with van der Waals surface area (Å²) >= 11 is 3.57.